The summed E-state index contributed by atoms with van der Waals surface area (Å²) >= 11 is 0. The Bertz CT molecular complexity index is 842. The van der Waals surface area contributed by atoms with E-state index < -0.39 is 11.9 Å². The van der Waals surface area contributed by atoms with E-state index in [1.54, 1.807) is 36.4 Å². The Morgan fingerprint density at radius 1 is 0.720 bits per heavy atom. The van der Waals surface area contributed by atoms with E-state index >= 15 is 0 Å². The molecule has 0 saturated carbocycles. The zero-order valence-corrected chi connectivity index (χ0v) is 14.0. The summed E-state index contributed by atoms with van der Waals surface area (Å²) in [6, 6.07) is 12.1. The lowest BCUT2D eigenvalue weighted by atomic mass is 9.96. The van der Waals surface area contributed by atoms with Gasteiger partial charge in [-0.1, -0.05) is 30.3 Å². The second-order valence-electron chi connectivity index (χ2n) is 5.21. The van der Waals surface area contributed by atoms with Crippen LogP contribution in [-0.2, 0) is 14.3 Å². The monoisotopic (exact) mass is 340 g/mol. The second-order valence-corrected chi connectivity index (χ2v) is 5.21. The molecule has 0 bridgehead atoms. The number of hydrogen-bond acceptors (Lipinski definition) is 6. The van der Waals surface area contributed by atoms with Crippen molar-refractivity contribution in [3.05, 3.63) is 53.6 Å². The molecule has 0 spiro atoms. The van der Waals surface area contributed by atoms with E-state index in [9.17, 15) is 9.59 Å². The molecule has 0 unspecified atom stereocenters. The highest BCUT2D eigenvalue weighted by atomic mass is 16.6. The third-order valence-electron chi connectivity index (χ3n) is 3.86. The molecule has 0 N–H and O–H groups in total. The van der Waals surface area contributed by atoms with Crippen molar-refractivity contribution in [2.45, 2.75) is 0 Å². The minimum absolute atomic E-state index is 0.162. The predicted molar refractivity (Wildman–Crippen MR) is 90.5 cm³/mol. The largest absolute Gasteiger partial charge is 0.493 e. The Morgan fingerprint density at radius 3 is 1.72 bits per heavy atom. The SMILES string of the molecule is COc1cc(C2=C(c3ccccc3)C(=O)OC2=O)cc(OC)c1OC. The van der Waals surface area contributed by atoms with Crippen molar-refractivity contribution in [3.63, 3.8) is 0 Å². The number of carbonyl (C=O) groups is 2. The summed E-state index contributed by atoms with van der Waals surface area (Å²) in [6.07, 6.45) is 0. The van der Waals surface area contributed by atoms with Gasteiger partial charge in [0, 0.05) is 0 Å². The molecule has 0 saturated heterocycles. The number of carbonyl (C=O) groups excluding carboxylic acids is 2. The Morgan fingerprint density at radius 2 is 1.24 bits per heavy atom. The van der Waals surface area contributed by atoms with Gasteiger partial charge in [-0.15, -0.1) is 0 Å². The lowest BCUT2D eigenvalue weighted by Gasteiger charge is -2.14. The van der Waals surface area contributed by atoms with Gasteiger partial charge in [0.2, 0.25) is 5.75 Å². The van der Waals surface area contributed by atoms with Gasteiger partial charge in [0.15, 0.2) is 11.5 Å². The van der Waals surface area contributed by atoms with Crippen LogP contribution in [-0.4, -0.2) is 33.3 Å². The highest BCUT2D eigenvalue weighted by Gasteiger charge is 2.35. The van der Waals surface area contributed by atoms with E-state index in [1.807, 2.05) is 6.07 Å². The molecule has 0 aromatic heterocycles. The minimum Gasteiger partial charge on any atom is -0.493 e. The molecule has 2 aromatic rings. The summed E-state index contributed by atoms with van der Waals surface area (Å²) in [6.45, 7) is 0. The third kappa shape index (κ3) is 2.82. The second kappa shape index (κ2) is 6.68. The molecule has 1 aliphatic rings. The maximum absolute atomic E-state index is 12.3. The van der Waals surface area contributed by atoms with Crippen LogP contribution in [0, 0.1) is 0 Å². The first kappa shape index (κ1) is 16.6. The van der Waals surface area contributed by atoms with Crippen LogP contribution in [0.25, 0.3) is 11.1 Å². The molecule has 0 radical (unpaired) electrons. The first-order chi connectivity index (χ1) is 12.1. The van der Waals surface area contributed by atoms with Crippen LogP contribution >= 0.6 is 0 Å². The van der Waals surface area contributed by atoms with Gasteiger partial charge in [0.1, 0.15) is 0 Å². The van der Waals surface area contributed by atoms with Gasteiger partial charge in [-0.3, -0.25) is 0 Å². The van der Waals surface area contributed by atoms with Crippen molar-refractivity contribution < 1.29 is 28.5 Å². The zero-order chi connectivity index (χ0) is 18.0. The first-order valence-electron chi connectivity index (χ1n) is 7.47. The Balaban J connectivity index is 2.27. The molecule has 1 aliphatic heterocycles. The summed E-state index contributed by atoms with van der Waals surface area (Å²) in [5, 5.41) is 0. The fourth-order valence-corrected chi connectivity index (χ4v) is 2.74. The molecule has 25 heavy (non-hydrogen) atoms. The van der Waals surface area contributed by atoms with Crippen LogP contribution in [0.4, 0.5) is 0 Å². The van der Waals surface area contributed by atoms with E-state index in [0.29, 0.717) is 28.4 Å². The standard InChI is InChI=1S/C19H16O6/c1-22-13-9-12(10-14(23-2)17(13)24-3)16-15(18(20)25-19(16)21)11-7-5-4-6-8-11/h4-10H,1-3H3. The van der Waals surface area contributed by atoms with E-state index in [-0.39, 0.29) is 11.1 Å². The van der Waals surface area contributed by atoms with Crippen LogP contribution in [0.2, 0.25) is 0 Å². The van der Waals surface area contributed by atoms with E-state index in [4.69, 9.17) is 18.9 Å². The van der Waals surface area contributed by atoms with Crippen LogP contribution in [0.5, 0.6) is 17.2 Å². The summed E-state index contributed by atoms with van der Waals surface area (Å²) in [5.74, 6) is -0.237. The van der Waals surface area contributed by atoms with Gasteiger partial charge in [0.05, 0.1) is 32.5 Å². The minimum atomic E-state index is -0.710. The lowest BCUT2D eigenvalue weighted by Crippen LogP contribution is -2.02. The fourth-order valence-electron chi connectivity index (χ4n) is 2.74. The molecule has 6 heteroatoms. The molecule has 2 aromatic carbocycles. The van der Waals surface area contributed by atoms with Crippen LogP contribution in [0.15, 0.2) is 42.5 Å². The van der Waals surface area contributed by atoms with Gasteiger partial charge in [-0.25, -0.2) is 9.59 Å². The van der Waals surface area contributed by atoms with Gasteiger partial charge in [0.25, 0.3) is 0 Å². The number of methoxy groups -OCH3 is 3. The average molecular weight is 340 g/mol. The molecular formula is C19H16O6. The predicted octanol–water partition coefficient (Wildman–Crippen LogP) is 2.71. The highest BCUT2D eigenvalue weighted by molar-refractivity contribution is 6.44. The smallest absolute Gasteiger partial charge is 0.347 e. The summed E-state index contributed by atoms with van der Waals surface area (Å²) in [7, 11) is 4.44. The lowest BCUT2D eigenvalue weighted by molar-refractivity contribution is -0.149. The molecule has 0 aliphatic carbocycles. The highest BCUT2D eigenvalue weighted by Crippen LogP contribution is 2.43. The van der Waals surface area contributed by atoms with Crippen molar-refractivity contribution >= 4 is 23.1 Å². The van der Waals surface area contributed by atoms with Crippen LogP contribution in [0.3, 0.4) is 0 Å². The first-order valence-corrected chi connectivity index (χ1v) is 7.47. The maximum Gasteiger partial charge on any atom is 0.347 e. The summed E-state index contributed by atoms with van der Waals surface area (Å²) < 4.78 is 20.8. The molecule has 6 nitrogen and oxygen atoms in total. The molecule has 1 heterocycles. The number of hydrogen-bond donors (Lipinski definition) is 0. The normalized spacial score (nSPS) is 13.7. The number of esters is 2. The van der Waals surface area contributed by atoms with Gasteiger partial charge in [-0.05, 0) is 23.3 Å². The van der Waals surface area contributed by atoms with Crippen molar-refractivity contribution in [2.75, 3.05) is 21.3 Å². The number of rotatable bonds is 5. The number of benzene rings is 2. The summed E-state index contributed by atoms with van der Waals surface area (Å²) in [4.78, 5) is 24.5. The molecule has 3 rings (SSSR count). The maximum atomic E-state index is 12.3. The average Bonchev–Trinajstić information content (AvgIpc) is 2.94. The topological polar surface area (TPSA) is 71.1 Å². The van der Waals surface area contributed by atoms with Gasteiger partial charge >= 0.3 is 11.9 Å². The van der Waals surface area contributed by atoms with Gasteiger partial charge < -0.3 is 18.9 Å². The molecule has 0 amide bonds. The Labute approximate surface area is 144 Å². The fraction of sp³-hybridized carbons (Fsp3) is 0.158. The summed E-state index contributed by atoms with van der Waals surface area (Å²) in [5.41, 5.74) is 1.42. The van der Waals surface area contributed by atoms with E-state index in [0.717, 1.165) is 0 Å². The Kier molecular flexibility index (Phi) is 4.43. The molecule has 0 atom stereocenters. The molecule has 128 valence electrons. The molecule has 0 fully saturated rings. The molecular weight excluding hydrogens is 324 g/mol. The van der Waals surface area contributed by atoms with Crippen molar-refractivity contribution in [1.82, 2.24) is 0 Å². The van der Waals surface area contributed by atoms with Crippen molar-refractivity contribution in [2.24, 2.45) is 0 Å². The van der Waals surface area contributed by atoms with Crippen molar-refractivity contribution in [3.8, 4) is 17.2 Å². The third-order valence-corrected chi connectivity index (χ3v) is 3.86. The van der Waals surface area contributed by atoms with Crippen molar-refractivity contribution in [1.29, 1.82) is 0 Å². The number of cyclic esters (lactones) is 2. The number of ether oxygens (including phenoxy) is 4. The van der Waals surface area contributed by atoms with Crippen LogP contribution in [0.1, 0.15) is 11.1 Å². The zero-order valence-electron chi connectivity index (χ0n) is 14.0. The quantitative estimate of drug-likeness (QED) is 0.616. The van der Waals surface area contributed by atoms with E-state index in [2.05, 4.69) is 0 Å². The van der Waals surface area contributed by atoms with Crippen LogP contribution < -0.4 is 14.2 Å². The van der Waals surface area contributed by atoms with E-state index in [1.165, 1.54) is 21.3 Å². The Hall–Kier alpha value is -3.28. The van der Waals surface area contributed by atoms with Gasteiger partial charge in [-0.2, -0.15) is 0 Å².